The van der Waals surface area contributed by atoms with Crippen LogP contribution < -0.4 is 9.47 Å². The van der Waals surface area contributed by atoms with Gasteiger partial charge in [-0.2, -0.15) is 0 Å². The van der Waals surface area contributed by atoms with Crippen LogP contribution in [0, 0.1) is 6.92 Å². The van der Waals surface area contributed by atoms with Crippen LogP contribution in [0.4, 0.5) is 0 Å². The van der Waals surface area contributed by atoms with Crippen LogP contribution in [-0.4, -0.2) is 72.7 Å². The maximum atomic E-state index is 12.9. The average Bonchev–Trinajstić information content (AvgIpc) is 3.32. The van der Waals surface area contributed by atoms with Crippen LogP contribution in [0.2, 0.25) is 0 Å². The topological polar surface area (TPSA) is 45.3 Å². The molecule has 2 aromatic rings. The van der Waals surface area contributed by atoms with Crippen molar-refractivity contribution in [3.8, 4) is 11.5 Å². The fraction of sp³-hybridized carbons (Fsp3) is 0.519. The van der Waals surface area contributed by atoms with E-state index in [-0.39, 0.29) is 0 Å². The van der Waals surface area contributed by atoms with E-state index in [0.29, 0.717) is 25.2 Å². The molecule has 176 valence electrons. The molecule has 5 rings (SSSR count). The quantitative estimate of drug-likeness (QED) is 0.676. The molecular formula is C27H35N3O3. The monoisotopic (exact) mass is 449 g/mol. The highest BCUT2D eigenvalue weighted by molar-refractivity contribution is 5.76. The molecule has 0 aliphatic carbocycles. The van der Waals surface area contributed by atoms with Gasteiger partial charge < -0.3 is 14.4 Å². The zero-order valence-electron chi connectivity index (χ0n) is 19.7. The largest absolute Gasteiger partial charge is 0.454 e. The third-order valence-corrected chi connectivity index (χ3v) is 7.26. The van der Waals surface area contributed by atoms with E-state index in [1.54, 1.807) is 0 Å². The number of carbonyl (C=O) groups is 1. The lowest BCUT2D eigenvalue weighted by Crippen LogP contribution is -2.55. The number of ether oxygens (including phenoxy) is 2. The number of rotatable bonds is 6. The zero-order valence-corrected chi connectivity index (χ0v) is 19.7. The summed E-state index contributed by atoms with van der Waals surface area (Å²) in [4.78, 5) is 20.1. The minimum absolute atomic E-state index is 0.307. The summed E-state index contributed by atoms with van der Waals surface area (Å²) in [5.74, 6) is 2.01. The molecule has 0 N–H and O–H groups in total. The molecule has 0 aromatic heterocycles. The predicted octanol–water partition coefficient (Wildman–Crippen LogP) is 3.47. The maximum Gasteiger partial charge on any atom is 0.231 e. The second-order valence-corrected chi connectivity index (χ2v) is 9.62. The van der Waals surface area contributed by atoms with Crippen molar-refractivity contribution < 1.29 is 14.3 Å². The van der Waals surface area contributed by atoms with Crippen LogP contribution in [0.1, 0.15) is 36.0 Å². The Labute approximate surface area is 197 Å². The van der Waals surface area contributed by atoms with E-state index in [9.17, 15) is 4.79 Å². The van der Waals surface area contributed by atoms with Gasteiger partial charge in [-0.3, -0.25) is 14.6 Å². The lowest BCUT2D eigenvalue weighted by Gasteiger charge is -2.43. The highest BCUT2D eigenvalue weighted by Gasteiger charge is 2.30. The summed E-state index contributed by atoms with van der Waals surface area (Å²) < 4.78 is 10.9. The van der Waals surface area contributed by atoms with Crippen molar-refractivity contribution in [1.82, 2.24) is 14.7 Å². The Bertz CT molecular complexity index is 954. The third-order valence-electron chi connectivity index (χ3n) is 7.26. The van der Waals surface area contributed by atoms with Crippen LogP contribution in [-0.2, 0) is 17.8 Å². The van der Waals surface area contributed by atoms with Gasteiger partial charge in [-0.1, -0.05) is 35.9 Å². The van der Waals surface area contributed by atoms with E-state index >= 15 is 0 Å². The molecule has 1 atom stereocenters. The number of nitrogens with zero attached hydrogens (tertiary/aromatic N) is 3. The molecule has 3 heterocycles. The van der Waals surface area contributed by atoms with Crippen LogP contribution in [0.3, 0.4) is 0 Å². The fourth-order valence-electron chi connectivity index (χ4n) is 5.23. The number of benzene rings is 2. The summed E-state index contributed by atoms with van der Waals surface area (Å²) in [7, 11) is 0. The SMILES string of the molecule is Cc1ccc(CCC(=O)N2CCC[C@@H](N3CCN(Cc4ccc5c(c4)OCO5)CC3)C2)cc1. The normalized spacial score (nSPS) is 21.4. The molecule has 3 aliphatic rings. The number of likely N-dealkylation sites (tertiary alicyclic amines) is 1. The van der Waals surface area contributed by atoms with Crippen molar-refractivity contribution in [3.63, 3.8) is 0 Å². The van der Waals surface area contributed by atoms with E-state index in [1.807, 2.05) is 6.07 Å². The maximum absolute atomic E-state index is 12.9. The highest BCUT2D eigenvalue weighted by atomic mass is 16.7. The summed E-state index contributed by atoms with van der Waals surface area (Å²) in [5, 5.41) is 0. The molecule has 3 aliphatic heterocycles. The highest BCUT2D eigenvalue weighted by Crippen LogP contribution is 2.33. The van der Waals surface area contributed by atoms with Crippen molar-refractivity contribution >= 4 is 5.91 Å². The van der Waals surface area contributed by atoms with Gasteiger partial charge in [-0.25, -0.2) is 0 Å². The number of fused-ring (bicyclic) bond motifs is 1. The van der Waals surface area contributed by atoms with E-state index in [1.165, 1.54) is 23.1 Å². The second kappa shape index (κ2) is 10.1. The molecule has 0 unspecified atom stereocenters. The van der Waals surface area contributed by atoms with E-state index in [2.05, 4.69) is 58.0 Å². The Morgan fingerprint density at radius 1 is 0.939 bits per heavy atom. The first-order valence-corrected chi connectivity index (χ1v) is 12.3. The summed E-state index contributed by atoms with van der Waals surface area (Å²) in [5.41, 5.74) is 3.79. The molecule has 0 bridgehead atoms. The molecule has 1 amide bonds. The van der Waals surface area contributed by atoms with Gasteiger partial charge in [0.25, 0.3) is 0 Å². The molecule has 0 radical (unpaired) electrons. The van der Waals surface area contributed by atoms with Gasteiger partial charge in [0, 0.05) is 58.3 Å². The van der Waals surface area contributed by atoms with Crippen molar-refractivity contribution in [2.24, 2.45) is 0 Å². The smallest absolute Gasteiger partial charge is 0.231 e. The summed E-state index contributed by atoms with van der Waals surface area (Å²) in [6, 6.07) is 15.3. The minimum Gasteiger partial charge on any atom is -0.454 e. The molecular weight excluding hydrogens is 414 g/mol. The van der Waals surface area contributed by atoms with Gasteiger partial charge in [-0.15, -0.1) is 0 Å². The molecule has 0 saturated carbocycles. The Kier molecular flexibility index (Phi) is 6.83. The standard InChI is InChI=1S/C27H35N3O3/c1-21-4-6-22(7-5-21)9-11-27(31)30-12-2-3-24(19-30)29-15-13-28(14-16-29)18-23-8-10-25-26(17-23)33-20-32-25/h4-8,10,17,24H,2-3,9,11-16,18-20H2,1H3/t24-/m1/s1. The number of hydrogen-bond acceptors (Lipinski definition) is 5. The van der Waals surface area contributed by atoms with Gasteiger partial charge in [-0.05, 0) is 49.4 Å². The van der Waals surface area contributed by atoms with Gasteiger partial charge in [0.05, 0.1) is 0 Å². The number of carbonyl (C=O) groups excluding carboxylic acids is 1. The Balaban J connectivity index is 1.08. The van der Waals surface area contributed by atoms with Crippen LogP contribution in [0.5, 0.6) is 11.5 Å². The minimum atomic E-state index is 0.307. The number of piperidine rings is 1. The molecule has 2 saturated heterocycles. The van der Waals surface area contributed by atoms with E-state index < -0.39 is 0 Å². The predicted molar refractivity (Wildman–Crippen MR) is 129 cm³/mol. The van der Waals surface area contributed by atoms with E-state index in [0.717, 1.165) is 70.2 Å². The lowest BCUT2D eigenvalue weighted by molar-refractivity contribution is -0.133. The van der Waals surface area contributed by atoms with Crippen molar-refractivity contribution in [2.45, 2.75) is 45.2 Å². The molecule has 33 heavy (non-hydrogen) atoms. The molecule has 0 spiro atoms. The molecule has 6 nitrogen and oxygen atoms in total. The molecule has 6 heteroatoms. The van der Waals surface area contributed by atoms with Crippen LogP contribution >= 0.6 is 0 Å². The average molecular weight is 450 g/mol. The first-order valence-electron chi connectivity index (χ1n) is 12.3. The Hall–Kier alpha value is -2.57. The first-order chi connectivity index (χ1) is 16.1. The number of amides is 1. The van der Waals surface area contributed by atoms with E-state index in [4.69, 9.17) is 9.47 Å². The third kappa shape index (κ3) is 5.50. The Morgan fingerprint density at radius 2 is 1.70 bits per heavy atom. The van der Waals surface area contributed by atoms with Gasteiger partial charge in [0.1, 0.15) is 0 Å². The number of piperazine rings is 1. The zero-order chi connectivity index (χ0) is 22.6. The number of aryl methyl sites for hydroxylation is 2. The molecule has 2 fully saturated rings. The van der Waals surface area contributed by atoms with Crippen LogP contribution in [0.25, 0.3) is 0 Å². The van der Waals surface area contributed by atoms with Crippen molar-refractivity contribution in [1.29, 1.82) is 0 Å². The summed E-state index contributed by atoms with van der Waals surface area (Å²) >= 11 is 0. The van der Waals surface area contributed by atoms with Gasteiger partial charge in [0.2, 0.25) is 12.7 Å². The second-order valence-electron chi connectivity index (χ2n) is 9.62. The Morgan fingerprint density at radius 3 is 2.52 bits per heavy atom. The summed E-state index contributed by atoms with van der Waals surface area (Å²) in [6.45, 7) is 9.42. The molecule has 2 aromatic carbocycles. The van der Waals surface area contributed by atoms with Gasteiger partial charge in [0.15, 0.2) is 11.5 Å². The van der Waals surface area contributed by atoms with Gasteiger partial charge >= 0.3 is 0 Å². The van der Waals surface area contributed by atoms with Crippen LogP contribution in [0.15, 0.2) is 42.5 Å². The lowest BCUT2D eigenvalue weighted by atomic mass is 10.0. The summed E-state index contributed by atoms with van der Waals surface area (Å²) in [6.07, 6.45) is 3.75. The number of hydrogen-bond donors (Lipinski definition) is 0. The van der Waals surface area contributed by atoms with Crippen molar-refractivity contribution in [3.05, 3.63) is 59.2 Å². The van der Waals surface area contributed by atoms with Crippen molar-refractivity contribution in [2.75, 3.05) is 46.1 Å². The first kappa shape index (κ1) is 22.2. The fourth-order valence-corrected chi connectivity index (χ4v) is 5.23.